The van der Waals surface area contributed by atoms with Crippen LogP contribution in [0.15, 0.2) is 30.3 Å². The minimum Gasteiger partial charge on any atom is -0.488 e. The SMILES string of the molecule is COCC(O)COCCCCOCC(O)C[N+](C)(C)CCOc1ccccc1. The Morgan fingerprint density at radius 2 is 1.46 bits per heavy atom. The molecule has 1 aromatic rings. The van der Waals surface area contributed by atoms with Gasteiger partial charge in [0.15, 0.2) is 0 Å². The number of unbranched alkanes of at least 4 members (excludes halogenated alkanes) is 1. The Balaban J connectivity index is 2.01. The number of hydrogen-bond donors (Lipinski definition) is 2. The van der Waals surface area contributed by atoms with E-state index in [4.69, 9.17) is 18.9 Å². The molecule has 2 N–H and O–H groups in total. The highest BCUT2D eigenvalue weighted by molar-refractivity contribution is 5.20. The molecular formula is C21H38NO6+. The molecule has 0 saturated heterocycles. The van der Waals surface area contributed by atoms with E-state index in [2.05, 4.69) is 14.1 Å². The van der Waals surface area contributed by atoms with Gasteiger partial charge in [-0.05, 0) is 25.0 Å². The van der Waals surface area contributed by atoms with E-state index in [0.717, 1.165) is 25.1 Å². The van der Waals surface area contributed by atoms with Gasteiger partial charge in [0.25, 0.3) is 0 Å². The standard InChI is InChI=1S/C21H38NO6/c1-22(2,11-14-28-21-9-5-4-6-10-21)15-19(23)17-26-12-7-8-13-27-18-20(24)16-25-3/h4-6,9-10,19-20,23-24H,7-8,11-18H2,1-3H3/q+1. The number of hydrogen-bond acceptors (Lipinski definition) is 6. The van der Waals surface area contributed by atoms with E-state index in [1.807, 2.05) is 30.3 Å². The molecule has 1 aromatic carbocycles. The van der Waals surface area contributed by atoms with Gasteiger partial charge in [0, 0.05) is 20.3 Å². The first kappa shape index (κ1) is 24.8. The second-order valence-electron chi connectivity index (χ2n) is 7.62. The maximum Gasteiger partial charge on any atom is 0.137 e. The highest BCUT2D eigenvalue weighted by Crippen LogP contribution is 2.09. The molecule has 28 heavy (non-hydrogen) atoms. The molecule has 7 nitrogen and oxygen atoms in total. The van der Waals surface area contributed by atoms with Gasteiger partial charge in [-0.2, -0.15) is 0 Å². The number of aliphatic hydroxyl groups is 2. The van der Waals surface area contributed by atoms with Gasteiger partial charge in [-0.1, -0.05) is 18.2 Å². The van der Waals surface area contributed by atoms with Crippen molar-refractivity contribution in [2.75, 3.05) is 73.9 Å². The van der Waals surface area contributed by atoms with Crippen molar-refractivity contribution in [2.24, 2.45) is 0 Å². The molecule has 0 heterocycles. The predicted octanol–water partition coefficient (Wildman–Crippen LogP) is 1.32. The number of likely N-dealkylation sites (N-methyl/N-ethyl adjacent to an activating group) is 1. The largest absolute Gasteiger partial charge is 0.488 e. The third kappa shape index (κ3) is 13.0. The van der Waals surface area contributed by atoms with Crippen LogP contribution in [-0.4, -0.2) is 101 Å². The third-order valence-corrected chi connectivity index (χ3v) is 4.22. The number of nitrogens with zero attached hydrogens (tertiary/aromatic N) is 1. The Kier molecular flexibility index (Phi) is 13.1. The molecule has 1 rings (SSSR count). The van der Waals surface area contributed by atoms with E-state index < -0.39 is 12.2 Å². The van der Waals surface area contributed by atoms with E-state index >= 15 is 0 Å². The van der Waals surface area contributed by atoms with E-state index in [0.29, 0.717) is 37.5 Å². The molecule has 0 aliphatic carbocycles. The average Bonchev–Trinajstić information content (AvgIpc) is 2.64. The van der Waals surface area contributed by atoms with Crippen LogP contribution in [0.1, 0.15) is 12.8 Å². The topological polar surface area (TPSA) is 77.4 Å². The average molecular weight is 401 g/mol. The van der Waals surface area contributed by atoms with E-state index in [9.17, 15) is 10.2 Å². The molecule has 0 aliphatic rings. The Morgan fingerprint density at radius 3 is 2.07 bits per heavy atom. The van der Waals surface area contributed by atoms with E-state index in [1.54, 1.807) is 7.11 Å². The Morgan fingerprint density at radius 1 is 0.857 bits per heavy atom. The normalized spacial score (nSPS) is 14.0. The van der Waals surface area contributed by atoms with Crippen LogP contribution < -0.4 is 4.74 Å². The van der Waals surface area contributed by atoms with E-state index in [-0.39, 0.29) is 13.2 Å². The Bertz CT molecular complexity index is 485. The lowest BCUT2D eigenvalue weighted by Crippen LogP contribution is -2.48. The number of benzene rings is 1. The zero-order valence-electron chi connectivity index (χ0n) is 17.6. The van der Waals surface area contributed by atoms with Crippen LogP contribution in [-0.2, 0) is 14.2 Å². The molecule has 0 saturated carbocycles. The van der Waals surface area contributed by atoms with Crippen molar-refractivity contribution in [2.45, 2.75) is 25.0 Å². The quantitative estimate of drug-likeness (QED) is 0.303. The van der Waals surface area contributed by atoms with Gasteiger partial charge in [-0.3, -0.25) is 0 Å². The van der Waals surface area contributed by atoms with Gasteiger partial charge in [0.05, 0.1) is 33.9 Å². The van der Waals surface area contributed by atoms with Crippen LogP contribution in [0, 0.1) is 0 Å². The van der Waals surface area contributed by atoms with Crippen molar-refractivity contribution in [1.29, 1.82) is 0 Å². The summed E-state index contributed by atoms with van der Waals surface area (Å²) in [5.41, 5.74) is 0. The lowest BCUT2D eigenvalue weighted by molar-refractivity contribution is -0.893. The maximum atomic E-state index is 10.2. The molecule has 0 bridgehead atoms. The summed E-state index contributed by atoms with van der Waals surface area (Å²) >= 11 is 0. The Hall–Kier alpha value is -1.22. The zero-order chi connectivity index (χ0) is 20.7. The number of aliphatic hydroxyl groups excluding tert-OH is 2. The fourth-order valence-corrected chi connectivity index (χ4v) is 2.73. The molecule has 0 aliphatic heterocycles. The summed E-state index contributed by atoms with van der Waals surface area (Å²) in [5, 5.41) is 19.7. The van der Waals surface area contributed by atoms with Crippen molar-refractivity contribution >= 4 is 0 Å². The molecule has 0 amide bonds. The predicted molar refractivity (Wildman–Crippen MR) is 109 cm³/mol. The first-order chi connectivity index (χ1) is 13.4. The minimum absolute atomic E-state index is 0.286. The van der Waals surface area contributed by atoms with Crippen molar-refractivity contribution in [3.8, 4) is 5.75 Å². The molecule has 7 heteroatoms. The summed E-state index contributed by atoms with van der Waals surface area (Å²) in [6.07, 6.45) is 0.632. The fourth-order valence-electron chi connectivity index (χ4n) is 2.73. The fraction of sp³-hybridized carbons (Fsp3) is 0.714. The summed E-state index contributed by atoms with van der Waals surface area (Å²) in [4.78, 5) is 0. The summed E-state index contributed by atoms with van der Waals surface area (Å²) in [5.74, 6) is 0.864. The number of para-hydroxylation sites is 1. The summed E-state index contributed by atoms with van der Waals surface area (Å²) in [7, 11) is 5.70. The molecule has 0 radical (unpaired) electrons. The number of rotatable bonds is 17. The lowest BCUT2D eigenvalue weighted by atomic mass is 10.3. The van der Waals surface area contributed by atoms with Crippen LogP contribution in [0.4, 0.5) is 0 Å². The van der Waals surface area contributed by atoms with Crippen molar-refractivity contribution < 1.29 is 33.6 Å². The Labute approximate surface area is 169 Å². The van der Waals surface area contributed by atoms with Gasteiger partial charge < -0.3 is 33.6 Å². The van der Waals surface area contributed by atoms with Crippen molar-refractivity contribution in [3.63, 3.8) is 0 Å². The number of ether oxygens (including phenoxy) is 4. The highest BCUT2D eigenvalue weighted by Gasteiger charge is 2.20. The first-order valence-electron chi connectivity index (χ1n) is 9.93. The van der Waals surface area contributed by atoms with Gasteiger partial charge in [-0.25, -0.2) is 0 Å². The van der Waals surface area contributed by atoms with Gasteiger partial charge in [0.1, 0.15) is 37.7 Å². The molecule has 162 valence electrons. The molecule has 2 unspecified atom stereocenters. The molecule has 0 aromatic heterocycles. The monoisotopic (exact) mass is 400 g/mol. The highest BCUT2D eigenvalue weighted by atomic mass is 16.5. The van der Waals surface area contributed by atoms with Crippen LogP contribution in [0.5, 0.6) is 5.75 Å². The molecule has 0 fully saturated rings. The van der Waals surface area contributed by atoms with E-state index in [1.165, 1.54) is 0 Å². The van der Waals surface area contributed by atoms with Crippen LogP contribution in [0.2, 0.25) is 0 Å². The van der Waals surface area contributed by atoms with Crippen molar-refractivity contribution in [3.05, 3.63) is 30.3 Å². The van der Waals surface area contributed by atoms with Crippen LogP contribution in [0.25, 0.3) is 0 Å². The number of methoxy groups -OCH3 is 1. The summed E-state index contributed by atoms with van der Waals surface area (Å²) < 4.78 is 22.2. The molecule has 2 atom stereocenters. The molecular weight excluding hydrogens is 362 g/mol. The molecule has 0 spiro atoms. The van der Waals surface area contributed by atoms with Gasteiger partial charge in [0.2, 0.25) is 0 Å². The lowest BCUT2D eigenvalue weighted by Gasteiger charge is -2.31. The second-order valence-corrected chi connectivity index (χ2v) is 7.62. The van der Waals surface area contributed by atoms with Crippen molar-refractivity contribution in [1.82, 2.24) is 0 Å². The summed E-state index contributed by atoms with van der Waals surface area (Å²) in [6, 6.07) is 9.75. The van der Waals surface area contributed by atoms with Gasteiger partial charge >= 0.3 is 0 Å². The summed E-state index contributed by atoms with van der Waals surface area (Å²) in [6.45, 7) is 4.08. The van der Waals surface area contributed by atoms with Crippen LogP contribution >= 0.6 is 0 Å². The van der Waals surface area contributed by atoms with Gasteiger partial charge in [-0.15, -0.1) is 0 Å². The second kappa shape index (κ2) is 14.7. The smallest absolute Gasteiger partial charge is 0.137 e. The number of quaternary nitrogens is 1. The van der Waals surface area contributed by atoms with Crippen LogP contribution in [0.3, 0.4) is 0 Å². The minimum atomic E-state index is -0.573. The third-order valence-electron chi connectivity index (χ3n) is 4.22. The first-order valence-corrected chi connectivity index (χ1v) is 9.93. The zero-order valence-corrected chi connectivity index (χ0v) is 17.6. The maximum absolute atomic E-state index is 10.2.